The Hall–Kier alpha value is -1.66. The summed E-state index contributed by atoms with van der Waals surface area (Å²) in [7, 11) is -3.50. The number of nitrogens with zero attached hydrogens (tertiary/aromatic N) is 2. The zero-order valence-electron chi connectivity index (χ0n) is 12.8. The molecule has 0 aromatic carbocycles. The first-order valence-corrected chi connectivity index (χ1v) is 8.90. The van der Waals surface area contributed by atoms with Gasteiger partial charge in [0.2, 0.25) is 5.09 Å². The smallest absolute Gasteiger partial charge is 0.276 e. The zero-order valence-corrected chi connectivity index (χ0v) is 13.6. The van der Waals surface area contributed by atoms with E-state index in [1.165, 1.54) is 15.9 Å². The first-order chi connectivity index (χ1) is 10.5. The number of sulfonamides is 1. The summed E-state index contributed by atoms with van der Waals surface area (Å²) < 4.78 is 31.8. The normalized spacial score (nSPS) is 17.7. The van der Waals surface area contributed by atoms with Crippen molar-refractivity contribution in [1.29, 1.82) is 0 Å². The van der Waals surface area contributed by atoms with Crippen LogP contribution in [0.1, 0.15) is 35.8 Å². The Balaban J connectivity index is 1.70. The molecule has 3 heterocycles. The lowest BCUT2D eigenvalue weighted by Crippen LogP contribution is -2.37. The van der Waals surface area contributed by atoms with Crippen LogP contribution in [0.4, 0.5) is 0 Å². The van der Waals surface area contributed by atoms with Gasteiger partial charge in [0.1, 0.15) is 5.76 Å². The molecule has 0 amide bonds. The van der Waals surface area contributed by atoms with Gasteiger partial charge in [0.05, 0.1) is 0 Å². The van der Waals surface area contributed by atoms with Gasteiger partial charge in [0, 0.05) is 25.0 Å². The average molecular weight is 320 g/mol. The lowest BCUT2D eigenvalue weighted by Gasteiger charge is -2.30. The summed E-state index contributed by atoms with van der Waals surface area (Å²) in [5, 5.41) is 0.0421. The number of hydrogen-bond donors (Lipinski definition) is 0. The highest BCUT2D eigenvalue weighted by molar-refractivity contribution is 7.89. The van der Waals surface area contributed by atoms with Gasteiger partial charge in [-0.1, -0.05) is 6.07 Å². The maximum Gasteiger partial charge on any atom is 0.276 e. The molecule has 0 unspecified atom stereocenters. The van der Waals surface area contributed by atoms with Gasteiger partial charge in [-0.3, -0.25) is 4.98 Å². The van der Waals surface area contributed by atoms with E-state index in [9.17, 15) is 8.42 Å². The molecule has 0 N–H and O–H groups in total. The number of hydrogen-bond acceptors (Lipinski definition) is 4. The second-order valence-electron chi connectivity index (χ2n) is 5.78. The minimum absolute atomic E-state index is 0.0421. The van der Waals surface area contributed by atoms with Gasteiger partial charge in [-0.15, -0.1) is 0 Å². The van der Waals surface area contributed by atoms with Gasteiger partial charge in [0.25, 0.3) is 10.0 Å². The van der Waals surface area contributed by atoms with Crippen LogP contribution in [0.3, 0.4) is 0 Å². The summed E-state index contributed by atoms with van der Waals surface area (Å²) in [6, 6.07) is 7.30. The standard InChI is InChI=1S/C16H20N2O3S/c1-12-3-5-15(11-17-12)14-7-9-18(10-8-14)22(19,20)16-6-4-13(2)21-16/h3-6,11,14H,7-10H2,1-2H3. The molecular formula is C16H20N2O3S. The van der Waals surface area contributed by atoms with Crippen molar-refractivity contribution in [3.05, 3.63) is 47.5 Å². The van der Waals surface area contributed by atoms with E-state index in [1.54, 1.807) is 13.0 Å². The Kier molecular flexibility index (Phi) is 4.06. The summed E-state index contributed by atoms with van der Waals surface area (Å²) in [6.07, 6.45) is 3.52. The van der Waals surface area contributed by atoms with E-state index in [0.717, 1.165) is 18.5 Å². The van der Waals surface area contributed by atoms with Crippen molar-refractivity contribution in [1.82, 2.24) is 9.29 Å². The van der Waals surface area contributed by atoms with Gasteiger partial charge < -0.3 is 4.42 Å². The fourth-order valence-electron chi connectivity index (χ4n) is 2.83. The SMILES string of the molecule is Cc1ccc(C2CCN(S(=O)(=O)c3ccc(C)o3)CC2)cn1. The second kappa shape index (κ2) is 5.85. The Labute approximate surface area is 131 Å². The van der Waals surface area contributed by atoms with Crippen LogP contribution in [-0.4, -0.2) is 30.8 Å². The van der Waals surface area contributed by atoms with Crippen molar-refractivity contribution < 1.29 is 12.8 Å². The number of aryl methyl sites for hydroxylation is 2. The zero-order chi connectivity index (χ0) is 15.7. The highest BCUT2D eigenvalue weighted by atomic mass is 32.2. The van der Waals surface area contributed by atoms with Crippen LogP contribution in [0.25, 0.3) is 0 Å². The van der Waals surface area contributed by atoms with Crippen molar-refractivity contribution >= 4 is 10.0 Å². The van der Waals surface area contributed by atoms with Gasteiger partial charge in [-0.25, -0.2) is 8.42 Å². The molecule has 0 bridgehead atoms. The third kappa shape index (κ3) is 2.94. The van der Waals surface area contributed by atoms with E-state index in [1.807, 2.05) is 19.2 Å². The van der Waals surface area contributed by atoms with Gasteiger partial charge in [-0.05, 0) is 56.4 Å². The molecule has 0 spiro atoms. The highest BCUT2D eigenvalue weighted by Gasteiger charge is 2.31. The number of piperidine rings is 1. The van der Waals surface area contributed by atoms with Crippen LogP contribution < -0.4 is 0 Å². The highest BCUT2D eigenvalue weighted by Crippen LogP contribution is 2.30. The lowest BCUT2D eigenvalue weighted by molar-refractivity contribution is 0.307. The van der Waals surface area contributed by atoms with Gasteiger partial charge >= 0.3 is 0 Å². The van der Waals surface area contributed by atoms with Crippen molar-refractivity contribution in [2.45, 2.75) is 37.7 Å². The Morgan fingerprint density at radius 1 is 1.14 bits per heavy atom. The number of aromatic nitrogens is 1. The van der Waals surface area contributed by atoms with Crippen LogP contribution in [-0.2, 0) is 10.0 Å². The molecule has 3 rings (SSSR count). The van der Waals surface area contributed by atoms with E-state index in [-0.39, 0.29) is 5.09 Å². The Morgan fingerprint density at radius 2 is 1.86 bits per heavy atom. The fraction of sp³-hybridized carbons (Fsp3) is 0.438. The topological polar surface area (TPSA) is 63.4 Å². The lowest BCUT2D eigenvalue weighted by atomic mass is 9.91. The van der Waals surface area contributed by atoms with Crippen LogP contribution in [0.15, 0.2) is 40.0 Å². The summed E-state index contributed by atoms with van der Waals surface area (Å²) in [5.41, 5.74) is 2.19. The first kappa shape index (κ1) is 15.2. The van der Waals surface area contributed by atoms with Gasteiger partial charge in [-0.2, -0.15) is 4.31 Å². The minimum atomic E-state index is -3.50. The Morgan fingerprint density at radius 3 is 2.41 bits per heavy atom. The molecule has 0 aliphatic carbocycles. The molecule has 2 aromatic heterocycles. The first-order valence-electron chi connectivity index (χ1n) is 7.46. The summed E-state index contributed by atoms with van der Waals surface area (Å²) >= 11 is 0. The van der Waals surface area contributed by atoms with Crippen LogP contribution in [0.2, 0.25) is 0 Å². The predicted molar refractivity (Wildman–Crippen MR) is 83.2 cm³/mol. The molecule has 22 heavy (non-hydrogen) atoms. The third-order valence-electron chi connectivity index (χ3n) is 4.17. The van der Waals surface area contributed by atoms with Crippen LogP contribution in [0.5, 0.6) is 0 Å². The number of pyridine rings is 1. The van der Waals surface area contributed by atoms with Crippen LogP contribution in [0, 0.1) is 13.8 Å². The largest absolute Gasteiger partial charge is 0.449 e. The maximum absolute atomic E-state index is 12.5. The summed E-state index contributed by atoms with van der Waals surface area (Å²) in [6.45, 7) is 4.74. The predicted octanol–water partition coefficient (Wildman–Crippen LogP) is 2.86. The van der Waals surface area contributed by atoms with Crippen molar-refractivity contribution in [2.24, 2.45) is 0 Å². The average Bonchev–Trinajstić information content (AvgIpc) is 2.96. The van der Waals surface area contributed by atoms with Crippen molar-refractivity contribution in [2.75, 3.05) is 13.1 Å². The van der Waals surface area contributed by atoms with Crippen molar-refractivity contribution in [3.8, 4) is 0 Å². The monoisotopic (exact) mass is 320 g/mol. The summed E-state index contributed by atoms with van der Waals surface area (Å²) in [5.74, 6) is 0.983. The van der Waals surface area contributed by atoms with Crippen LogP contribution >= 0.6 is 0 Å². The van der Waals surface area contributed by atoms with E-state index >= 15 is 0 Å². The third-order valence-corrected chi connectivity index (χ3v) is 5.94. The molecule has 1 aliphatic rings. The number of rotatable bonds is 3. The molecule has 0 radical (unpaired) electrons. The fourth-order valence-corrected chi connectivity index (χ4v) is 4.25. The Bertz CT molecular complexity index is 742. The van der Waals surface area contributed by atoms with Gasteiger partial charge in [0.15, 0.2) is 0 Å². The summed E-state index contributed by atoms with van der Waals surface area (Å²) in [4.78, 5) is 4.33. The van der Waals surface area contributed by atoms with Crippen molar-refractivity contribution in [3.63, 3.8) is 0 Å². The van der Waals surface area contributed by atoms with E-state index in [0.29, 0.717) is 24.8 Å². The molecule has 1 fully saturated rings. The molecule has 118 valence electrons. The second-order valence-corrected chi connectivity index (χ2v) is 7.65. The van der Waals surface area contributed by atoms with E-state index in [2.05, 4.69) is 11.1 Å². The molecule has 2 aromatic rings. The van der Waals surface area contributed by atoms with E-state index in [4.69, 9.17) is 4.42 Å². The molecule has 5 nitrogen and oxygen atoms in total. The number of furan rings is 1. The molecule has 0 atom stereocenters. The molecule has 0 saturated carbocycles. The van der Waals surface area contributed by atoms with E-state index < -0.39 is 10.0 Å². The molecule has 1 saturated heterocycles. The minimum Gasteiger partial charge on any atom is -0.449 e. The quantitative estimate of drug-likeness (QED) is 0.872. The molecule has 1 aliphatic heterocycles. The molecule has 6 heteroatoms. The molecular weight excluding hydrogens is 300 g/mol. The maximum atomic E-state index is 12.5.